The fraction of sp³-hybridized carbons (Fsp3) is 0.350. The second-order valence-electron chi connectivity index (χ2n) is 6.01. The average molecular weight is 340 g/mol. The van der Waals surface area contributed by atoms with E-state index in [0.717, 1.165) is 32.1 Å². The lowest BCUT2D eigenvalue weighted by Crippen LogP contribution is -2.43. The first-order valence-electron chi connectivity index (χ1n) is 8.57. The lowest BCUT2D eigenvalue weighted by Gasteiger charge is -2.35. The summed E-state index contributed by atoms with van der Waals surface area (Å²) >= 11 is 0. The summed E-state index contributed by atoms with van der Waals surface area (Å²) in [4.78, 5) is 14.8. The van der Waals surface area contributed by atoms with Crippen LogP contribution in [-0.2, 0) is 4.74 Å². The highest BCUT2D eigenvalue weighted by molar-refractivity contribution is 5.94. The van der Waals surface area contributed by atoms with E-state index in [2.05, 4.69) is 22.3 Å². The van der Waals surface area contributed by atoms with Gasteiger partial charge >= 0.3 is 0 Å². The minimum atomic E-state index is -0.0724. The van der Waals surface area contributed by atoms with Crippen LogP contribution in [0, 0.1) is 0 Å². The predicted octanol–water partition coefficient (Wildman–Crippen LogP) is 2.50. The zero-order chi connectivity index (χ0) is 17.5. The number of rotatable bonds is 6. The Morgan fingerprint density at radius 1 is 1.12 bits per heavy atom. The maximum atomic E-state index is 12.5. The molecule has 1 aliphatic heterocycles. The van der Waals surface area contributed by atoms with E-state index >= 15 is 0 Å². The van der Waals surface area contributed by atoms with Gasteiger partial charge in [-0.2, -0.15) is 0 Å². The predicted molar refractivity (Wildman–Crippen MR) is 96.9 cm³/mol. The van der Waals surface area contributed by atoms with E-state index in [1.54, 1.807) is 31.4 Å². The summed E-state index contributed by atoms with van der Waals surface area (Å²) in [6.45, 7) is 3.77. The van der Waals surface area contributed by atoms with Crippen LogP contribution >= 0.6 is 0 Å². The van der Waals surface area contributed by atoms with E-state index in [4.69, 9.17) is 9.47 Å². The minimum absolute atomic E-state index is 0.0724. The summed E-state index contributed by atoms with van der Waals surface area (Å²) in [7, 11) is 1.61. The highest BCUT2D eigenvalue weighted by atomic mass is 16.5. The molecule has 1 fully saturated rings. The van der Waals surface area contributed by atoms with Gasteiger partial charge in [-0.1, -0.05) is 30.3 Å². The van der Waals surface area contributed by atoms with Crippen molar-refractivity contribution in [2.45, 2.75) is 6.04 Å². The number of hydrogen-bond acceptors (Lipinski definition) is 4. The number of carbonyl (C=O) groups is 1. The maximum Gasteiger partial charge on any atom is 0.251 e. The molecule has 0 saturated carbocycles. The summed E-state index contributed by atoms with van der Waals surface area (Å²) in [5.41, 5.74) is 1.84. The third-order valence-electron chi connectivity index (χ3n) is 4.48. The Kier molecular flexibility index (Phi) is 6.04. The largest absolute Gasteiger partial charge is 0.497 e. The molecule has 0 aliphatic carbocycles. The first-order valence-corrected chi connectivity index (χ1v) is 8.57. The summed E-state index contributed by atoms with van der Waals surface area (Å²) in [6.07, 6.45) is 0. The Hall–Kier alpha value is -2.37. The molecule has 1 heterocycles. The molecule has 25 heavy (non-hydrogen) atoms. The van der Waals surface area contributed by atoms with Crippen LogP contribution in [-0.4, -0.2) is 50.8 Å². The van der Waals surface area contributed by atoms with E-state index < -0.39 is 0 Å². The van der Waals surface area contributed by atoms with Gasteiger partial charge in [-0.15, -0.1) is 0 Å². The fourth-order valence-electron chi connectivity index (χ4n) is 3.06. The number of morpholine rings is 1. The highest BCUT2D eigenvalue weighted by Gasteiger charge is 2.23. The Balaban J connectivity index is 1.68. The summed E-state index contributed by atoms with van der Waals surface area (Å²) in [5.74, 6) is 0.670. The van der Waals surface area contributed by atoms with Gasteiger partial charge in [0.1, 0.15) is 5.75 Å². The first-order chi connectivity index (χ1) is 12.3. The number of ether oxygens (including phenoxy) is 2. The van der Waals surface area contributed by atoms with Crippen molar-refractivity contribution in [1.82, 2.24) is 10.2 Å². The average Bonchev–Trinajstić information content (AvgIpc) is 2.70. The van der Waals surface area contributed by atoms with Crippen molar-refractivity contribution in [2.75, 3.05) is 40.0 Å². The molecule has 2 aromatic carbocycles. The molecule has 1 saturated heterocycles. The van der Waals surface area contributed by atoms with Crippen molar-refractivity contribution in [2.24, 2.45) is 0 Å². The molecule has 0 radical (unpaired) electrons. The number of amides is 1. The smallest absolute Gasteiger partial charge is 0.251 e. The molecule has 1 unspecified atom stereocenters. The molecule has 1 aliphatic rings. The molecule has 1 amide bonds. The molecule has 2 aromatic rings. The second-order valence-corrected chi connectivity index (χ2v) is 6.01. The molecule has 5 heteroatoms. The van der Waals surface area contributed by atoms with Crippen LogP contribution in [0.15, 0.2) is 54.6 Å². The molecule has 132 valence electrons. The quantitative estimate of drug-likeness (QED) is 0.878. The van der Waals surface area contributed by atoms with Crippen molar-refractivity contribution in [1.29, 1.82) is 0 Å². The third kappa shape index (κ3) is 4.59. The molecular weight excluding hydrogens is 316 g/mol. The van der Waals surface area contributed by atoms with Crippen molar-refractivity contribution >= 4 is 5.91 Å². The fourth-order valence-corrected chi connectivity index (χ4v) is 3.06. The van der Waals surface area contributed by atoms with Gasteiger partial charge in [-0.05, 0) is 29.8 Å². The third-order valence-corrected chi connectivity index (χ3v) is 4.48. The van der Waals surface area contributed by atoms with Crippen LogP contribution in [0.25, 0.3) is 0 Å². The lowest BCUT2D eigenvalue weighted by molar-refractivity contribution is 0.0162. The number of nitrogens with zero attached hydrogens (tertiary/aromatic N) is 1. The van der Waals surface area contributed by atoms with Crippen LogP contribution in [0.5, 0.6) is 5.75 Å². The van der Waals surface area contributed by atoms with Crippen molar-refractivity contribution < 1.29 is 14.3 Å². The Labute approximate surface area is 148 Å². The van der Waals surface area contributed by atoms with Crippen LogP contribution in [0.3, 0.4) is 0 Å². The van der Waals surface area contributed by atoms with Crippen LogP contribution < -0.4 is 10.1 Å². The standard InChI is InChI=1S/C20H24N2O3/c1-24-18-9-7-17(8-10-18)20(23)21-15-19(16-5-3-2-4-6-16)22-11-13-25-14-12-22/h2-10,19H,11-15H2,1H3,(H,21,23). The normalized spacial score (nSPS) is 16.2. The minimum Gasteiger partial charge on any atom is -0.497 e. The van der Waals surface area contributed by atoms with Gasteiger partial charge in [-0.3, -0.25) is 9.69 Å². The Bertz CT molecular complexity index is 667. The highest BCUT2D eigenvalue weighted by Crippen LogP contribution is 2.21. The van der Waals surface area contributed by atoms with Gasteiger partial charge < -0.3 is 14.8 Å². The van der Waals surface area contributed by atoms with E-state index in [1.807, 2.05) is 18.2 Å². The topological polar surface area (TPSA) is 50.8 Å². The van der Waals surface area contributed by atoms with E-state index in [-0.39, 0.29) is 11.9 Å². The molecular formula is C20H24N2O3. The molecule has 1 N–H and O–H groups in total. The van der Waals surface area contributed by atoms with Crippen molar-refractivity contribution in [3.05, 3.63) is 65.7 Å². The van der Waals surface area contributed by atoms with Gasteiger partial charge in [0.05, 0.1) is 26.4 Å². The Morgan fingerprint density at radius 2 is 1.80 bits per heavy atom. The zero-order valence-electron chi connectivity index (χ0n) is 14.5. The Morgan fingerprint density at radius 3 is 2.44 bits per heavy atom. The molecule has 5 nitrogen and oxygen atoms in total. The number of hydrogen-bond donors (Lipinski definition) is 1. The van der Waals surface area contributed by atoms with Crippen LogP contribution in [0.4, 0.5) is 0 Å². The van der Waals surface area contributed by atoms with E-state index in [0.29, 0.717) is 12.1 Å². The van der Waals surface area contributed by atoms with Gasteiger partial charge in [0.25, 0.3) is 5.91 Å². The molecule has 0 aromatic heterocycles. The number of benzene rings is 2. The van der Waals surface area contributed by atoms with Gasteiger partial charge in [0, 0.05) is 25.2 Å². The maximum absolute atomic E-state index is 12.5. The molecule has 0 spiro atoms. The van der Waals surface area contributed by atoms with Gasteiger partial charge in [-0.25, -0.2) is 0 Å². The van der Waals surface area contributed by atoms with Gasteiger partial charge in [0.15, 0.2) is 0 Å². The summed E-state index contributed by atoms with van der Waals surface area (Å²) in [5, 5.41) is 3.07. The molecule has 3 rings (SSSR count). The van der Waals surface area contributed by atoms with Crippen molar-refractivity contribution in [3.63, 3.8) is 0 Å². The second kappa shape index (κ2) is 8.65. The zero-order valence-corrected chi connectivity index (χ0v) is 14.5. The SMILES string of the molecule is COc1ccc(C(=O)NCC(c2ccccc2)N2CCOCC2)cc1. The van der Waals surface area contributed by atoms with E-state index in [1.165, 1.54) is 5.56 Å². The number of methoxy groups -OCH3 is 1. The first kappa shape index (κ1) is 17.5. The number of carbonyl (C=O) groups excluding carboxylic acids is 1. The van der Waals surface area contributed by atoms with E-state index in [9.17, 15) is 4.79 Å². The monoisotopic (exact) mass is 340 g/mol. The molecule has 1 atom stereocenters. The summed E-state index contributed by atoms with van der Waals surface area (Å²) < 4.78 is 10.6. The van der Waals surface area contributed by atoms with Crippen molar-refractivity contribution in [3.8, 4) is 5.75 Å². The molecule has 0 bridgehead atoms. The van der Waals surface area contributed by atoms with Crippen LogP contribution in [0.2, 0.25) is 0 Å². The van der Waals surface area contributed by atoms with Gasteiger partial charge in [0.2, 0.25) is 0 Å². The number of nitrogens with one attached hydrogen (secondary N) is 1. The summed E-state index contributed by atoms with van der Waals surface area (Å²) in [6, 6.07) is 17.6. The lowest BCUT2D eigenvalue weighted by atomic mass is 10.0. The van der Waals surface area contributed by atoms with Crippen LogP contribution in [0.1, 0.15) is 22.0 Å².